The van der Waals surface area contributed by atoms with Gasteiger partial charge in [-0.05, 0) is 75.9 Å². The topological polar surface area (TPSA) is 86.1 Å². The second-order valence-electron chi connectivity index (χ2n) is 9.13. The van der Waals surface area contributed by atoms with Crippen LogP contribution in [0.15, 0.2) is 30.5 Å². The van der Waals surface area contributed by atoms with Crippen molar-refractivity contribution in [3.05, 3.63) is 36.0 Å². The van der Waals surface area contributed by atoms with Gasteiger partial charge in [0.1, 0.15) is 5.75 Å². The van der Waals surface area contributed by atoms with E-state index in [0.29, 0.717) is 13.1 Å². The van der Waals surface area contributed by atoms with E-state index in [1.807, 2.05) is 45.0 Å². The first-order chi connectivity index (χ1) is 14.2. The lowest BCUT2D eigenvalue weighted by Crippen LogP contribution is -2.50. The van der Waals surface area contributed by atoms with Crippen LogP contribution in [-0.2, 0) is 0 Å². The lowest BCUT2D eigenvalue weighted by atomic mass is 9.94. The largest absolute Gasteiger partial charge is 0.497 e. The molecule has 3 rings (SSSR count). The van der Waals surface area contributed by atoms with Crippen LogP contribution < -0.4 is 4.74 Å². The Morgan fingerprint density at radius 2 is 2.13 bits per heavy atom. The Balaban J connectivity index is 1.70. The summed E-state index contributed by atoms with van der Waals surface area (Å²) in [6, 6.07) is 7.53. The van der Waals surface area contributed by atoms with Crippen molar-refractivity contribution in [2.24, 2.45) is 5.92 Å². The second-order valence-corrected chi connectivity index (χ2v) is 9.13. The Morgan fingerprint density at radius 3 is 2.80 bits per heavy atom. The van der Waals surface area contributed by atoms with E-state index in [4.69, 9.17) is 4.74 Å². The number of benzene rings is 1. The molecule has 0 spiro atoms. The number of likely N-dealkylation sites (tertiary alicyclic amines) is 1. The number of aliphatic hydroxyl groups excluding tert-OH is 1. The summed E-state index contributed by atoms with van der Waals surface area (Å²) in [6.45, 7) is 8.48. The van der Waals surface area contributed by atoms with Crippen molar-refractivity contribution in [2.45, 2.75) is 45.3 Å². The minimum atomic E-state index is -0.878. The fourth-order valence-corrected chi connectivity index (χ4v) is 4.27. The second kappa shape index (κ2) is 9.18. The molecule has 1 aromatic heterocycles. The number of carbonyl (C=O) groups is 1. The lowest BCUT2D eigenvalue weighted by Gasteiger charge is -2.40. The summed E-state index contributed by atoms with van der Waals surface area (Å²) in [6.07, 6.45) is 2.19. The minimum absolute atomic E-state index is 0.260. The fourth-order valence-electron chi connectivity index (χ4n) is 4.27. The number of rotatable bonds is 6. The van der Waals surface area contributed by atoms with E-state index in [2.05, 4.69) is 9.88 Å². The molecular formula is C23H33N3O4. The van der Waals surface area contributed by atoms with Crippen LogP contribution in [0.1, 0.15) is 45.3 Å². The van der Waals surface area contributed by atoms with E-state index < -0.39 is 17.7 Å². The highest BCUT2D eigenvalue weighted by Gasteiger charge is 2.31. The Bertz CT molecular complexity index is 880. The van der Waals surface area contributed by atoms with Crippen LogP contribution in [0.2, 0.25) is 0 Å². The number of β-amino-alcohol motifs (C(OH)–C–C–N with tert-alkyl or cyclic N) is 1. The van der Waals surface area contributed by atoms with Crippen LogP contribution in [0.5, 0.6) is 5.75 Å². The van der Waals surface area contributed by atoms with Gasteiger partial charge in [0.05, 0.1) is 18.7 Å². The molecule has 1 aromatic carbocycles. The summed E-state index contributed by atoms with van der Waals surface area (Å²) in [5, 5.41) is 21.5. The van der Waals surface area contributed by atoms with Crippen molar-refractivity contribution >= 4 is 17.0 Å². The Morgan fingerprint density at radius 1 is 1.37 bits per heavy atom. The van der Waals surface area contributed by atoms with Gasteiger partial charge in [-0.3, -0.25) is 4.98 Å². The van der Waals surface area contributed by atoms with Gasteiger partial charge in [0.25, 0.3) is 0 Å². The van der Waals surface area contributed by atoms with E-state index in [9.17, 15) is 15.0 Å². The van der Waals surface area contributed by atoms with Crippen LogP contribution in [0.3, 0.4) is 0 Å². The molecule has 0 saturated carbocycles. The van der Waals surface area contributed by atoms with Gasteiger partial charge >= 0.3 is 6.09 Å². The molecule has 1 fully saturated rings. The van der Waals surface area contributed by atoms with Crippen molar-refractivity contribution in [1.29, 1.82) is 0 Å². The number of nitrogens with zero attached hydrogens (tertiary/aromatic N) is 3. The number of methoxy groups -OCH3 is 1. The maximum atomic E-state index is 11.7. The molecule has 30 heavy (non-hydrogen) atoms. The summed E-state index contributed by atoms with van der Waals surface area (Å²) in [7, 11) is 1.62. The number of pyridine rings is 1. The number of hydrogen-bond acceptors (Lipinski definition) is 5. The predicted molar refractivity (Wildman–Crippen MR) is 117 cm³/mol. The van der Waals surface area contributed by atoms with Gasteiger partial charge in [-0.15, -0.1) is 0 Å². The summed E-state index contributed by atoms with van der Waals surface area (Å²) in [4.78, 5) is 19.9. The molecule has 0 radical (unpaired) electrons. The average Bonchev–Trinajstić information content (AvgIpc) is 2.70. The lowest BCUT2D eigenvalue weighted by molar-refractivity contribution is 0.0532. The number of aliphatic hydroxyl groups is 1. The molecule has 7 heteroatoms. The molecule has 7 nitrogen and oxygen atoms in total. The van der Waals surface area contributed by atoms with E-state index in [1.165, 1.54) is 4.90 Å². The number of amides is 1. The first-order valence-corrected chi connectivity index (χ1v) is 10.5. The van der Waals surface area contributed by atoms with Crippen molar-refractivity contribution in [3.63, 3.8) is 0 Å². The van der Waals surface area contributed by atoms with E-state index in [1.54, 1.807) is 13.3 Å². The maximum absolute atomic E-state index is 11.7. The van der Waals surface area contributed by atoms with Gasteiger partial charge in [0, 0.05) is 36.8 Å². The minimum Gasteiger partial charge on any atom is -0.497 e. The van der Waals surface area contributed by atoms with Crippen molar-refractivity contribution in [3.8, 4) is 5.75 Å². The third kappa shape index (κ3) is 5.21. The normalized spacial score (nSPS) is 18.9. The molecule has 1 aliphatic rings. The van der Waals surface area contributed by atoms with Crippen LogP contribution in [-0.4, -0.2) is 69.9 Å². The molecule has 2 aromatic rings. The summed E-state index contributed by atoms with van der Waals surface area (Å²) in [5.41, 5.74) is 1.23. The van der Waals surface area contributed by atoms with Gasteiger partial charge in [0.15, 0.2) is 0 Å². The molecular weight excluding hydrogens is 382 g/mol. The highest BCUT2D eigenvalue weighted by molar-refractivity contribution is 5.83. The number of aromatic nitrogens is 1. The van der Waals surface area contributed by atoms with Crippen molar-refractivity contribution < 1.29 is 19.7 Å². The third-order valence-electron chi connectivity index (χ3n) is 5.86. The molecule has 2 heterocycles. The fraction of sp³-hybridized carbons (Fsp3) is 0.565. The molecule has 2 atom stereocenters. The Kier molecular flexibility index (Phi) is 6.83. The zero-order valence-corrected chi connectivity index (χ0v) is 18.3. The predicted octanol–water partition coefficient (Wildman–Crippen LogP) is 3.77. The first kappa shape index (κ1) is 22.3. The summed E-state index contributed by atoms with van der Waals surface area (Å²) in [5.74, 6) is 0.994. The monoisotopic (exact) mass is 415 g/mol. The van der Waals surface area contributed by atoms with E-state index >= 15 is 0 Å². The van der Waals surface area contributed by atoms with Gasteiger partial charge in [-0.25, -0.2) is 4.79 Å². The van der Waals surface area contributed by atoms with Crippen LogP contribution in [0.25, 0.3) is 10.9 Å². The number of hydrogen-bond donors (Lipinski definition) is 2. The SMILES string of the molecule is COc1ccc2nccc(C(O)CN3CCCC(CN(C(=O)O)C(C)(C)C)C3)c2c1. The zero-order valence-electron chi connectivity index (χ0n) is 18.3. The number of carboxylic acid groups (broad SMARTS) is 1. The highest BCUT2D eigenvalue weighted by Crippen LogP contribution is 2.29. The van der Waals surface area contributed by atoms with Gasteiger partial charge in [-0.2, -0.15) is 0 Å². The summed E-state index contributed by atoms with van der Waals surface area (Å²) >= 11 is 0. The maximum Gasteiger partial charge on any atom is 0.407 e. The van der Waals surface area contributed by atoms with Gasteiger partial charge < -0.3 is 24.7 Å². The van der Waals surface area contributed by atoms with Gasteiger partial charge in [-0.1, -0.05) is 0 Å². The van der Waals surface area contributed by atoms with Crippen molar-refractivity contribution in [1.82, 2.24) is 14.8 Å². The zero-order chi connectivity index (χ0) is 21.9. The third-order valence-corrected chi connectivity index (χ3v) is 5.86. The Labute approximate surface area is 178 Å². The first-order valence-electron chi connectivity index (χ1n) is 10.5. The molecule has 1 saturated heterocycles. The van der Waals surface area contributed by atoms with E-state index in [0.717, 1.165) is 48.1 Å². The summed E-state index contributed by atoms with van der Waals surface area (Å²) < 4.78 is 5.33. The molecule has 2 N–H and O–H groups in total. The van der Waals surface area contributed by atoms with Crippen LogP contribution >= 0.6 is 0 Å². The molecule has 0 bridgehead atoms. The number of piperidine rings is 1. The van der Waals surface area contributed by atoms with Gasteiger partial charge in [0.2, 0.25) is 0 Å². The molecule has 0 aliphatic carbocycles. The standard InChI is InChI=1S/C23H33N3O4/c1-23(2,3)26(22(28)29)14-16-6-5-11-25(13-16)15-21(27)18-9-10-24-20-8-7-17(30-4)12-19(18)20/h7-10,12,16,21,27H,5-6,11,13-15H2,1-4H3,(H,28,29). The molecule has 164 valence electrons. The van der Waals surface area contributed by atoms with Crippen LogP contribution in [0, 0.1) is 5.92 Å². The van der Waals surface area contributed by atoms with E-state index in [-0.39, 0.29) is 5.92 Å². The quantitative estimate of drug-likeness (QED) is 0.747. The highest BCUT2D eigenvalue weighted by atomic mass is 16.5. The Hall–Kier alpha value is -2.38. The number of ether oxygens (including phenoxy) is 1. The molecule has 1 aliphatic heterocycles. The van der Waals surface area contributed by atoms with Crippen LogP contribution in [0.4, 0.5) is 4.79 Å². The molecule has 2 unspecified atom stereocenters. The van der Waals surface area contributed by atoms with Crippen molar-refractivity contribution in [2.75, 3.05) is 33.3 Å². The smallest absolute Gasteiger partial charge is 0.407 e. The number of fused-ring (bicyclic) bond motifs is 1. The molecule has 1 amide bonds. The average molecular weight is 416 g/mol.